The maximum Gasteiger partial charge on any atom is 0.254 e. The second-order valence-electron chi connectivity index (χ2n) is 11.0. The van der Waals surface area contributed by atoms with Crippen LogP contribution in [0, 0.1) is 11.1 Å². The number of amides is 2. The molecule has 0 aromatic heterocycles. The highest BCUT2D eigenvalue weighted by molar-refractivity contribution is 6.36. The van der Waals surface area contributed by atoms with Gasteiger partial charge in [-0.1, -0.05) is 54.6 Å². The summed E-state index contributed by atoms with van der Waals surface area (Å²) in [6, 6.07) is 11.6. The molecule has 2 aromatic carbocycles. The molecule has 1 atom stereocenters. The van der Waals surface area contributed by atoms with Gasteiger partial charge in [-0.3, -0.25) is 9.59 Å². The first-order valence-corrected chi connectivity index (χ1v) is 14.2. The topological polar surface area (TPSA) is 63.7 Å². The lowest BCUT2D eigenvalue weighted by atomic mass is 9.93. The quantitative estimate of drug-likeness (QED) is 0.354. The number of rotatable bonds is 5. The fraction of sp³-hybridized carbons (Fsp3) is 0.517. The zero-order valence-corrected chi connectivity index (χ0v) is 22.9. The number of hydroxylamine groups is 3. The van der Waals surface area contributed by atoms with E-state index < -0.39 is 0 Å². The number of benzene rings is 2. The Morgan fingerprint density at radius 3 is 2.19 bits per heavy atom. The van der Waals surface area contributed by atoms with Gasteiger partial charge in [0.2, 0.25) is 5.91 Å². The molecule has 37 heavy (non-hydrogen) atoms. The van der Waals surface area contributed by atoms with Gasteiger partial charge >= 0.3 is 0 Å². The van der Waals surface area contributed by atoms with Gasteiger partial charge < -0.3 is 19.7 Å². The average molecular weight is 545 g/mol. The number of nitrogens with zero attached hydrogens (tertiary/aromatic N) is 3. The standard InChI is InChI=1S/C29H35Cl2N3O3/c1-34(37)15-13-32(14-16-34)28(35)21-9-7-20(8-10-21)23-18-26(30)25(27(31)19-23)17-22-11-12-33(29(22)36)24-5-3-2-4-6-24/h7-10,18-19,22,24H,2-6,11-17H2,1H3. The molecular weight excluding hydrogens is 509 g/mol. The van der Waals surface area contributed by atoms with Crippen molar-refractivity contribution in [3.8, 4) is 11.1 Å². The third-order valence-electron chi connectivity index (χ3n) is 8.40. The average Bonchev–Trinajstić information content (AvgIpc) is 3.26. The van der Waals surface area contributed by atoms with Crippen LogP contribution in [0.5, 0.6) is 0 Å². The molecular formula is C29H35Cl2N3O3. The van der Waals surface area contributed by atoms with Gasteiger partial charge in [0.15, 0.2) is 0 Å². The summed E-state index contributed by atoms with van der Waals surface area (Å²) in [6.07, 6.45) is 7.36. The molecule has 3 fully saturated rings. The maximum absolute atomic E-state index is 13.1. The van der Waals surface area contributed by atoms with Gasteiger partial charge in [-0.25, -0.2) is 0 Å². The first kappa shape index (κ1) is 26.5. The van der Waals surface area contributed by atoms with Crippen LogP contribution in [-0.2, 0) is 11.2 Å². The summed E-state index contributed by atoms with van der Waals surface area (Å²) < 4.78 is -0.298. The summed E-state index contributed by atoms with van der Waals surface area (Å²) in [7, 11) is 1.65. The van der Waals surface area contributed by atoms with E-state index in [1.165, 1.54) is 19.3 Å². The molecule has 0 spiro atoms. The smallest absolute Gasteiger partial charge is 0.254 e. The molecule has 0 radical (unpaired) electrons. The van der Waals surface area contributed by atoms with E-state index in [0.29, 0.717) is 54.3 Å². The van der Waals surface area contributed by atoms with E-state index in [2.05, 4.69) is 4.90 Å². The number of piperazine rings is 1. The number of likely N-dealkylation sites (tertiary alicyclic amines) is 1. The molecule has 3 aliphatic rings. The summed E-state index contributed by atoms with van der Waals surface area (Å²) in [6.45, 7) is 2.60. The van der Waals surface area contributed by atoms with E-state index in [-0.39, 0.29) is 22.4 Å². The zero-order valence-electron chi connectivity index (χ0n) is 21.4. The van der Waals surface area contributed by atoms with Crippen molar-refractivity contribution in [1.29, 1.82) is 0 Å². The van der Waals surface area contributed by atoms with Gasteiger partial charge in [-0.2, -0.15) is 0 Å². The van der Waals surface area contributed by atoms with E-state index >= 15 is 0 Å². The summed E-state index contributed by atoms with van der Waals surface area (Å²) >= 11 is 13.4. The van der Waals surface area contributed by atoms with Crippen LogP contribution < -0.4 is 0 Å². The van der Waals surface area contributed by atoms with E-state index in [1.807, 2.05) is 36.4 Å². The molecule has 5 rings (SSSR count). The van der Waals surface area contributed by atoms with Crippen LogP contribution in [0.1, 0.15) is 54.4 Å². The molecule has 6 nitrogen and oxygen atoms in total. The predicted molar refractivity (Wildman–Crippen MR) is 147 cm³/mol. The van der Waals surface area contributed by atoms with Gasteiger partial charge in [-0.15, -0.1) is 0 Å². The van der Waals surface area contributed by atoms with Crippen molar-refractivity contribution >= 4 is 35.0 Å². The van der Waals surface area contributed by atoms with Gasteiger partial charge in [0, 0.05) is 34.1 Å². The van der Waals surface area contributed by atoms with Gasteiger partial charge in [0.05, 0.1) is 33.2 Å². The first-order valence-electron chi connectivity index (χ1n) is 13.5. The van der Waals surface area contributed by atoms with Crippen molar-refractivity contribution in [2.75, 3.05) is 39.8 Å². The highest BCUT2D eigenvalue weighted by Gasteiger charge is 2.36. The SMILES string of the molecule is C[N+]1([O-])CCN(C(=O)c2ccc(-c3cc(Cl)c(CC4CCN(C5CCCCC5)C4=O)c(Cl)c3)cc2)CC1. The highest BCUT2D eigenvalue weighted by Crippen LogP contribution is 2.36. The largest absolute Gasteiger partial charge is 0.633 e. The lowest BCUT2D eigenvalue weighted by Crippen LogP contribution is -2.55. The number of hydrogen-bond donors (Lipinski definition) is 0. The van der Waals surface area contributed by atoms with Gasteiger partial charge in [-0.05, 0) is 66.6 Å². The van der Waals surface area contributed by atoms with E-state index in [1.54, 1.807) is 11.9 Å². The van der Waals surface area contributed by atoms with E-state index in [0.717, 1.165) is 42.5 Å². The van der Waals surface area contributed by atoms with Crippen LogP contribution in [0.3, 0.4) is 0 Å². The molecule has 2 aliphatic heterocycles. The fourth-order valence-corrected chi connectivity index (χ4v) is 6.64. The van der Waals surface area contributed by atoms with E-state index in [9.17, 15) is 14.8 Å². The van der Waals surface area contributed by atoms with Crippen molar-refractivity contribution in [2.45, 2.75) is 51.0 Å². The molecule has 0 N–H and O–H groups in total. The third-order valence-corrected chi connectivity index (χ3v) is 9.07. The van der Waals surface area contributed by atoms with Crippen LogP contribution in [0.25, 0.3) is 11.1 Å². The van der Waals surface area contributed by atoms with Crippen LogP contribution in [0.15, 0.2) is 36.4 Å². The van der Waals surface area contributed by atoms with Crippen molar-refractivity contribution < 1.29 is 14.2 Å². The number of hydrogen-bond acceptors (Lipinski definition) is 3. The third kappa shape index (κ3) is 5.83. The number of carbonyl (C=O) groups excluding carboxylic acids is 2. The fourth-order valence-electron chi connectivity index (χ4n) is 6.00. The van der Waals surface area contributed by atoms with Gasteiger partial charge in [0.25, 0.3) is 5.91 Å². The number of carbonyl (C=O) groups is 2. The minimum absolute atomic E-state index is 0.0545. The molecule has 8 heteroatoms. The lowest BCUT2D eigenvalue weighted by Gasteiger charge is -2.45. The Morgan fingerprint density at radius 2 is 1.57 bits per heavy atom. The highest BCUT2D eigenvalue weighted by atomic mass is 35.5. The zero-order chi connectivity index (χ0) is 26.2. The second-order valence-corrected chi connectivity index (χ2v) is 11.9. The van der Waals surface area contributed by atoms with Crippen LogP contribution in [-0.4, -0.2) is 72.1 Å². The van der Waals surface area contributed by atoms with Gasteiger partial charge in [0.1, 0.15) is 0 Å². The number of likely N-dealkylation sites (N-methyl/N-ethyl adjacent to an activating group) is 1. The lowest BCUT2D eigenvalue weighted by molar-refractivity contribution is -0.864. The van der Waals surface area contributed by atoms with Crippen molar-refractivity contribution in [3.63, 3.8) is 0 Å². The Bertz CT molecular complexity index is 1130. The summed E-state index contributed by atoms with van der Waals surface area (Å²) in [5, 5.41) is 13.2. The molecule has 0 bridgehead atoms. The molecule has 2 heterocycles. The normalized spacial score (nSPS) is 22.5. The molecule has 1 unspecified atom stereocenters. The van der Waals surface area contributed by atoms with Crippen LogP contribution in [0.2, 0.25) is 10.0 Å². The predicted octanol–water partition coefficient (Wildman–Crippen LogP) is 5.78. The molecule has 1 aliphatic carbocycles. The molecule has 1 saturated carbocycles. The van der Waals surface area contributed by atoms with E-state index in [4.69, 9.17) is 23.2 Å². The summed E-state index contributed by atoms with van der Waals surface area (Å²) in [4.78, 5) is 29.9. The number of quaternary nitrogens is 1. The Labute approximate surface area is 229 Å². The Kier molecular flexibility index (Phi) is 7.83. The minimum Gasteiger partial charge on any atom is -0.633 e. The summed E-state index contributed by atoms with van der Waals surface area (Å²) in [5.41, 5.74) is 3.21. The first-order chi connectivity index (χ1) is 17.7. The number of halogens is 2. The monoisotopic (exact) mass is 543 g/mol. The Hall–Kier alpha value is -2.12. The Morgan fingerprint density at radius 1 is 0.946 bits per heavy atom. The molecule has 2 aromatic rings. The Balaban J connectivity index is 1.25. The molecule has 2 saturated heterocycles. The van der Waals surface area contributed by atoms with Crippen LogP contribution >= 0.6 is 23.2 Å². The van der Waals surface area contributed by atoms with Crippen molar-refractivity contribution in [2.24, 2.45) is 5.92 Å². The molecule has 2 amide bonds. The minimum atomic E-state index is -0.298. The van der Waals surface area contributed by atoms with Crippen molar-refractivity contribution in [3.05, 3.63) is 62.8 Å². The second kappa shape index (κ2) is 10.9. The summed E-state index contributed by atoms with van der Waals surface area (Å²) in [5.74, 6) is 0.123. The maximum atomic E-state index is 13.1. The molecule has 198 valence electrons. The van der Waals surface area contributed by atoms with Crippen LogP contribution in [0.4, 0.5) is 0 Å². The van der Waals surface area contributed by atoms with Crippen molar-refractivity contribution in [1.82, 2.24) is 9.80 Å².